The van der Waals surface area contributed by atoms with Crippen molar-refractivity contribution in [1.29, 1.82) is 0 Å². The minimum atomic E-state index is -0.366. The number of nitrogens with two attached hydrogens (primary N) is 2. The molecule has 1 aliphatic heterocycles. The zero-order chi connectivity index (χ0) is 11.1. The molecule has 1 heterocycles. The van der Waals surface area contributed by atoms with Crippen molar-refractivity contribution >= 4 is 5.91 Å². The molecule has 4 N–H and O–H groups in total. The van der Waals surface area contributed by atoms with Gasteiger partial charge in [-0.05, 0) is 38.0 Å². The third-order valence-corrected chi connectivity index (χ3v) is 3.88. The highest BCUT2D eigenvalue weighted by Gasteiger charge is 2.44. The van der Waals surface area contributed by atoms with E-state index in [4.69, 9.17) is 11.5 Å². The lowest BCUT2D eigenvalue weighted by Crippen LogP contribution is -2.41. The third kappa shape index (κ3) is 2.01. The summed E-state index contributed by atoms with van der Waals surface area (Å²) in [4.78, 5) is 13.7. The fourth-order valence-corrected chi connectivity index (χ4v) is 3.03. The molecule has 4 heteroatoms. The molecule has 86 valence electrons. The van der Waals surface area contributed by atoms with Gasteiger partial charge in [-0.3, -0.25) is 4.79 Å². The topological polar surface area (TPSA) is 72.4 Å². The highest BCUT2D eigenvalue weighted by atomic mass is 16.2. The van der Waals surface area contributed by atoms with Crippen LogP contribution in [0.5, 0.6) is 0 Å². The monoisotopic (exact) mass is 211 g/mol. The summed E-state index contributed by atoms with van der Waals surface area (Å²) in [6.07, 6.45) is 4.48. The smallest absolute Gasteiger partial charge is 0.239 e. The predicted molar refractivity (Wildman–Crippen MR) is 59.1 cm³/mol. The fraction of sp³-hybridized carbons (Fsp3) is 0.909. The Kier molecular flexibility index (Phi) is 2.73. The molecule has 3 atom stereocenters. The number of likely N-dealkylation sites (tertiary alicyclic amines) is 1. The molecule has 3 unspecified atom stereocenters. The van der Waals surface area contributed by atoms with E-state index < -0.39 is 0 Å². The van der Waals surface area contributed by atoms with Crippen molar-refractivity contribution in [3.63, 3.8) is 0 Å². The number of amides is 1. The van der Waals surface area contributed by atoms with Crippen molar-refractivity contribution in [2.24, 2.45) is 16.9 Å². The molecule has 0 aromatic carbocycles. The molecule has 0 aromatic rings. The molecule has 4 nitrogen and oxygen atoms in total. The minimum Gasteiger partial charge on any atom is -0.341 e. The third-order valence-electron chi connectivity index (χ3n) is 3.88. The maximum absolute atomic E-state index is 11.7. The van der Waals surface area contributed by atoms with E-state index in [9.17, 15) is 4.79 Å². The quantitative estimate of drug-likeness (QED) is 0.644. The van der Waals surface area contributed by atoms with Crippen LogP contribution in [0.2, 0.25) is 0 Å². The molecule has 1 amide bonds. The van der Waals surface area contributed by atoms with Crippen LogP contribution in [0.3, 0.4) is 0 Å². The van der Waals surface area contributed by atoms with Crippen molar-refractivity contribution in [1.82, 2.24) is 4.90 Å². The van der Waals surface area contributed by atoms with Gasteiger partial charge in [-0.15, -0.1) is 0 Å². The number of rotatable bonds is 1. The largest absolute Gasteiger partial charge is 0.341 e. The Morgan fingerprint density at radius 1 is 1.53 bits per heavy atom. The van der Waals surface area contributed by atoms with Crippen molar-refractivity contribution in [2.75, 3.05) is 13.1 Å². The van der Waals surface area contributed by atoms with Crippen LogP contribution in [0, 0.1) is 5.41 Å². The lowest BCUT2D eigenvalue weighted by molar-refractivity contribution is -0.131. The normalized spacial score (nSPS) is 37.5. The van der Waals surface area contributed by atoms with Gasteiger partial charge in [0.2, 0.25) is 5.91 Å². The Labute approximate surface area is 91.0 Å². The second kappa shape index (κ2) is 3.76. The van der Waals surface area contributed by atoms with Gasteiger partial charge in [-0.1, -0.05) is 0 Å². The number of hydrogen-bond donors (Lipinski definition) is 2. The van der Waals surface area contributed by atoms with Gasteiger partial charge < -0.3 is 16.4 Å². The molecule has 2 fully saturated rings. The first-order chi connectivity index (χ1) is 7.02. The standard InChI is InChI=1S/C11H21N3O/c1-8(12)10(15)14-5-4-11(7-14)3-2-9(13)6-11/h8-9H,2-7,12-13H2,1H3. The summed E-state index contributed by atoms with van der Waals surface area (Å²) in [5, 5.41) is 0. The number of carbonyl (C=O) groups is 1. The van der Waals surface area contributed by atoms with Gasteiger partial charge in [0.25, 0.3) is 0 Å². The van der Waals surface area contributed by atoms with Gasteiger partial charge >= 0.3 is 0 Å². The number of nitrogens with zero attached hydrogens (tertiary/aromatic N) is 1. The molecule has 2 aliphatic rings. The first kappa shape index (κ1) is 10.9. The minimum absolute atomic E-state index is 0.0901. The SMILES string of the molecule is CC(N)C(=O)N1CCC2(CCC(N)C2)C1. The van der Waals surface area contributed by atoms with Gasteiger partial charge in [0, 0.05) is 19.1 Å². The average Bonchev–Trinajstić information content (AvgIpc) is 2.74. The summed E-state index contributed by atoms with van der Waals surface area (Å²) < 4.78 is 0. The van der Waals surface area contributed by atoms with E-state index in [-0.39, 0.29) is 11.9 Å². The van der Waals surface area contributed by atoms with E-state index in [0.29, 0.717) is 11.5 Å². The van der Waals surface area contributed by atoms with E-state index in [2.05, 4.69) is 0 Å². The summed E-state index contributed by atoms with van der Waals surface area (Å²) in [7, 11) is 0. The Hall–Kier alpha value is -0.610. The van der Waals surface area contributed by atoms with Crippen LogP contribution in [0.15, 0.2) is 0 Å². The molecule has 1 aliphatic carbocycles. The lowest BCUT2D eigenvalue weighted by Gasteiger charge is -2.24. The summed E-state index contributed by atoms with van der Waals surface area (Å²) in [6, 6.07) is -0.0226. The molecule has 0 radical (unpaired) electrons. The average molecular weight is 211 g/mol. The second-order valence-electron chi connectivity index (χ2n) is 5.30. The Bertz CT molecular complexity index is 267. The van der Waals surface area contributed by atoms with Gasteiger partial charge in [0.1, 0.15) is 0 Å². The maximum atomic E-state index is 11.7. The van der Waals surface area contributed by atoms with Crippen molar-refractivity contribution in [3.05, 3.63) is 0 Å². The molecule has 0 aromatic heterocycles. The van der Waals surface area contributed by atoms with Crippen LogP contribution >= 0.6 is 0 Å². The first-order valence-electron chi connectivity index (χ1n) is 5.82. The Balaban J connectivity index is 1.98. The number of hydrogen-bond acceptors (Lipinski definition) is 3. The van der Waals surface area contributed by atoms with Crippen molar-refractivity contribution in [2.45, 2.75) is 44.7 Å². The molecule has 1 saturated carbocycles. The fourth-order valence-electron chi connectivity index (χ4n) is 3.03. The molecule has 0 bridgehead atoms. The van der Waals surface area contributed by atoms with Crippen LogP contribution in [0.1, 0.15) is 32.6 Å². The Morgan fingerprint density at radius 2 is 2.27 bits per heavy atom. The van der Waals surface area contributed by atoms with Gasteiger partial charge in [0.05, 0.1) is 6.04 Å². The molecular formula is C11H21N3O. The van der Waals surface area contributed by atoms with Crippen LogP contribution in [0.25, 0.3) is 0 Å². The van der Waals surface area contributed by atoms with E-state index in [0.717, 1.165) is 32.4 Å². The summed E-state index contributed by atoms with van der Waals surface area (Å²) >= 11 is 0. The van der Waals surface area contributed by atoms with E-state index in [1.54, 1.807) is 6.92 Å². The molecule has 1 saturated heterocycles. The highest BCUT2D eigenvalue weighted by molar-refractivity contribution is 5.81. The van der Waals surface area contributed by atoms with Crippen LogP contribution in [-0.4, -0.2) is 36.0 Å². The zero-order valence-electron chi connectivity index (χ0n) is 9.41. The van der Waals surface area contributed by atoms with Crippen LogP contribution < -0.4 is 11.5 Å². The van der Waals surface area contributed by atoms with Crippen molar-refractivity contribution < 1.29 is 4.79 Å². The molecule has 1 spiro atoms. The molecule has 2 rings (SSSR count). The van der Waals surface area contributed by atoms with E-state index in [1.807, 2.05) is 4.90 Å². The zero-order valence-corrected chi connectivity index (χ0v) is 9.41. The Morgan fingerprint density at radius 3 is 2.80 bits per heavy atom. The van der Waals surface area contributed by atoms with E-state index >= 15 is 0 Å². The van der Waals surface area contributed by atoms with Crippen molar-refractivity contribution in [3.8, 4) is 0 Å². The highest BCUT2D eigenvalue weighted by Crippen LogP contribution is 2.44. The predicted octanol–water partition coefficient (Wildman–Crippen LogP) is 0.0635. The summed E-state index contributed by atoms with van der Waals surface area (Å²) in [6.45, 7) is 3.50. The summed E-state index contributed by atoms with van der Waals surface area (Å²) in [5.74, 6) is 0.0901. The first-order valence-corrected chi connectivity index (χ1v) is 5.82. The second-order valence-corrected chi connectivity index (χ2v) is 5.30. The van der Waals surface area contributed by atoms with E-state index in [1.165, 1.54) is 6.42 Å². The molecule has 15 heavy (non-hydrogen) atoms. The van der Waals surface area contributed by atoms with Gasteiger partial charge in [0.15, 0.2) is 0 Å². The van der Waals surface area contributed by atoms with Gasteiger partial charge in [-0.25, -0.2) is 0 Å². The lowest BCUT2D eigenvalue weighted by atomic mass is 9.85. The summed E-state index contributed by atoms with van der Waals surface area (Å²) in [5.41, 5.74) is 11.9. The maximum Gasteiger partial charge on any atom is 0.239 e. The number of carbonyl (C=O) groups excluding carboxylic acids is 1. The van der Waals surface area contributed by atoms with Crippen LogP contribution in [-0.2, 0) is 4.79 Å². The van der Waals surface area contributed by atoms with Crippen LogP contribution in [0.4, 0.5) is 0 Å². The van der Waals surface area contributed by atoms with Gasteiger partial charge in [-0.2, -0.15) is 0 Å². The molecular weight excluding hydrogens is 190 g/mol.